The monoisotopic (exact) mass is 287 g/mol. The molecule has 0 radical (unpaired) electrons. The highest BCUT2D eigenvalue weighted by molar-refractivity contribution is 6.42. The van der Waals surface area contributed by atoms with Crippen molar-refractivity contribution in [3.05, 3.63) is 33.8 Å². The van der Waals surface area contributed by atoms with Crippen molar-refractivity contribution in [3.8, 4) is 0 Å². The Balaban J connectivity index is 2.68. The van der Waals surface area contributed by atoms with E-state index in [-0.39, 0.29) is 0 Å². The van der Waals surface area contributed by atoms with Crippen molar-refractivity contribution in [2.75, 3.05) is 6.54 Å². The molecule has 0 heterocycles. The van der Waals surface area contributed by atoms with Crippen LogP contribution in [0.2, 0.25) is 10.0 Å². The molecule has 0 aliphatic rings. The number of unbranched alkanes of at least 4 members (excludes halogenated alkanes) is 3. The van der Waals surface area contributed by atoms with Crippen LogP contribution in [-0.4, -0.2) is 6.54 Å². The lowest BCUT2D eigenvalue weighted by Gasteiger charge is -2.20. The predicted octanol–water partition coefficient (Wildman–Crippen LogP) is 5.61. The Morgan fingerprint density at radius 3 is 2.56 bits per heavy atom. The summed E-state index contributed by atoms with van der Waals surface area (Å²) in [5, 5.41) is 4.84. The minimum atomic E-state index is 0.318. The molecule has 1 nitrogen and oxygen atoms in total. The molecular formula is C15H23Cl2N. The molecule has 0 fully saturated rings. The minimum absolute atomic E-state index is 0.318. The van der Waals surface area contributed by atoms with Gasteiger partial charge in [0.2, 0.25) is 0 Å². The van der Waals surface area contributed by atoms with E-state index in [0.717, 1.165) is 18.5 Å². The zero-order valence-corrected chi connectivity index (χ0v) is 12.8. The quantitative estimate of drug-likeness (QED) is 0.613. The second-order valence-corrected chi connectivity index (χ2v) is 5.39. The van der Waals surface area contributed by atoms with Gasteiger partial charge in [0.15, 0.2) is 0 Å². The third-order valence-corrected chi connectivity index (χ3v) is 3.99. The molecule has 102 valence electrons. The maximum atomic E-state index is 6.29. The molecule has 1 aromatic rings. The molecule has 0 saturated heterocycles. The van der Waals surface area contributed by atoms with E-state index in [4.69, 9.17) is 23.2 Å². The van der Waals surface area contributed by atoms with E-state index in [2.05, 4.69) is 25.2 Å². The molecule has 18 heavy (non-hydrogen) atoms. The van der Waals surface area contributed by atoms with Crippen LogP contribution in [0.5, 0.6) is 0 Å². The van der Waals surface area contributed by atoms with Crippen LogP contribution in [0.3, 0.4) is 0 Å². The number of hydrogen-bond donors (Lipinski definition) is 1. The summed E-state index contributed by atoms with van der Waals surface area (Å²) >= 11 is 12.4. The molecule has 0 amide bonds. The fraction of sp³-hybridized carbons (Fsp3) is 0.600. The Hall–Kier alpha value is -0.240. The number of nitrogens with one attached hydrogen (secondary N) is 1. The summed E-state index contributed by atoms with van der Waals surface area (Å²) in [6, 6.07) is 6.20. The smallest absolute Gasteiger partial charge is 0.0640 e. The normalized spacial score (nSPS) is 12.7. The second-order valence-electron chi connectivity index (χ2n) is 4.60. The Labute approximate surface area is 121 Å². The second kappa shape index (κ2) is 8.79. The standard InChI is InChI=1S/C15H23Cl2N/c1-3-5-6-7-11-14(18-4-2)12-9-8-10-13(16)15(12)17/h8-10,14,18H,3-7,11H2,1-2H3. The number of halogens is 2. The highest BCUT2D eigenvalue weighted by atomic mass is 35.5. The van der Waals surface area contributed by atoms with E-state index in [1.165, 1.54) is 25.7 Å². The van der Waals surface area contributed by atoms with Crippen LogP contribution in [-0.2, 0) is 0 Å². The molecule has 1 rings (SSSR count). The number of benzene rings is 1. The van der Waals surface area contributed by atoms with Crippen LogP contribution >= 0.6 is 23.2 Å². The van der Waals surface area contributed by atoms with Gasteiger partial charge in [-0.1, -0.05) is 74.9 Å². The molecule has 0 aliphatic heterocycles. The zero-order chi connectivity index (χ0) is 13.4. The minimum Gasteiger partial charge on any atom is -0.310 e. The largest absolute Gasteiger partial charge is 0.310 e. The third kappa shape index (κ3) is 4.79. The first-order valence-electron chi connectivity index (χ1n) is 6.88. The van der Waals surface area contributed by atoms with Gasteiger partial charge in [0.1, 0.15) is 0 Å². The van der Waals surface area contributed by atoms with Gasteiger partial charge in [-0.25, -0.2) is 0 Å². The van der Waals surface area contributed by atoms with E-state index in [0.29, 0.717) is 16.1 Å². The predicted molar refractivity (Wildman–Crippen MR) is 81.6 cm³/mol. The van der Waals surface area contributed by atoms with Crippen molar-refractivity contribution in [1.29, 1.82) is 0 Å². The van der Waals surface area contributed by atoms with Crippen molar-refractivity contribution < 1.29 is 0 Å². The lowest BCUT2D eigenvalue weighted by molar-refractivity contribution is 0.482. The van der Waals surface area contributed by atoms with Gasteiger partial charge in [0.05, 0.1) is 10.0 Å². The maximum Gasteiger partial charge on any atom is 0.0640 e. The van der Waals surface area contributed by atoms with Gasteiger partial charge < -0.3 is 5.32 Å². The lowest BCUT2D eigenvalue weighted by atomic mass is 10.00. The lowest BCUT2D eigenvalue weighted by Crippen LogP contribution is -2.21. The topological polar surface area (TPSA) is 12.0 Å². The number of rotatable bonds is 8. The summed E-state index contributed by atoms with van der Waals surface area (Å²) in [7, 11) is 0. The first-order chi connectivity index (χ1) is 8.70. The molecular weight excluding hydrogens is 265 g/mol. The molecule has 1 N–H and O–H groups in total. The molecule has 1 aromatic carbocycles. The molecule has 0 spiro atoms. The van der Waals surface area contributed by atoms with Crippen LogP contribution in [0.15, 0.2) is 18.2 Å². The maximum absolute atomic E-state index is 6.29. The van der Waals surface area contributed by atoms with E-state index in [1.807, 2.05) is 12.1 Å². The van der Waals surface area contributed by atoms with Gasteiger partial charge in [-0.15, -0.1) is 0 Å². The van der Waals surface area contributed by atoms with E-state index in [1.54, 1.807) is 0 Å². The third-order valence-electron chi connectivity index (χ3n) is 3.15. The Kier molecular flexibility index (Phi) is 7.73. The molecule has 3 heteroatoms. The SMILES string of the molecule is CCCCCCC(NCC)c1cccc(Cl)c1Cl. The van der Waals surface area contributed by atoms with E-state index < -0.39 is 0 Å². The van der Waals surface area contributed by atoms with Crippen molar-refractivity contribution >= 4 is 23.2 Å². The van der Waals surface area contributed by atoms with Gasteiger partial charge in [-0.2, -0.15) is 0 Å². The highest BCUT2D eigenvalue weighted by Gasteiger charge is 2.14. The van der Waals surface area contributed by atoms with Crippen LogP contribution < -0.4 is 5.32 Å². The summed E-state index contributed by atoms with van der Waals surface area (Å²) in [5.41, 5.74) is 1.13. The fourth-order valence-electron chi connectivity index (χ4n) is 2.18. The van der Waals surface area contributed by atoms with Crippen molar-refractivity contribution in [3.63, 3.8) is 0 Å². The van der Waals surface area contributed by atoms with Crippen molar-refractivity contribution in [1.82, 2.24) is 5.32 Å². The summed E-state index contributed by atoms with van der Waals surface area (Å²) in [5.74, 6) is 0. The van der Waals surface area contributed by atoms with Crippen molar-refractivity contribution in [2.45, 2.75) is 52.0 Å². The van der Waals surface area contributed by atoms with Gasteiger partial charge >= 0.3 is 0 Å². The summed E-state index contributed by atoms with van der Waals surface area (Å²) in [4.78, 5) is 0. The first-order valence-corrected chi connectivity index (χ1v) is 7.63. The Morgan fingerprint density at radius 2 is 1.89 bits per heavy atom. The molecule has 1 unspecified atom stereocenters. The van der Waals surface area contributed by atoms with Gasteiger partial charge in [-0.05, 0) is 24.6 Å². The molecule has 0 saturated carbocycles. The molecule has 0 aromatic heterocycles. The van der Waals surface area contributed by atoms with Crippen LogP contribution in [0.4, 0.5) is 0 Å². The van der Waals surface area contributed by atoms with Gasteiger partial charge in [0.25, 0.3) is 0 Å². The van der Waals surface area contributed by atoms with Crippen LogP contribution in [0.25, 0.3) is 0 Å². The summed E-state index contributed by atoms with van der Waals surface area (Å²) in [6.45, 7) is 5.30. The number of hydrogen-bond acceptors (Lipinski definition) is 1. The van der Waals surface area contributed by atoms with Crippen molar-refractivity contribution in [2.24, 2.45) is 0 Å². The summed E-state index contributed by atoms with van der Waals surface area (Å²) < 4.78 is 0. The summed E-state index contributed by atoms with van der Waals surface area (Å²) in [6.07, 6.45) is 6.21. The fourth-order valence-corrected chi connectivity index (χ4v) is 2.62. The highest BCUT2D eigenvalue weighted by Crippen LogP contribution is 2.32. The zero-order valence-electron chi connectivity index (χ0n) is 11.3. The van der Waals surface area contributed by atoms with Crippen LogP contribution in [0, 0.1) is 0 Å². The molecule has 0 bridgehead atoms. The van der Waals surface area contributed by atoms with E-state index in [9.17, 15) is 0 Å². The average Bonchev–Trinajstić information content (AvgIpc) is 2.37. The average molecular weight is 288 g/mol. The Bertz CT molecular complexity index is 352. The van der Waals surface area contributed by atoms with Gasteiger partial charge in [0, 0.05) is 6.04 Å². The Morgan fingerprint density at radius 1 is 1.11 bits per heavy atom. The first kappa shape index (κ1) is 15.8. The molecule has 0 aliphatic carbocycles. The van der Waals surface area contributed by atoms with E-state index >= 15 is 0 Å². The van der Waals surface area contributed by atoms with Crippen LogP contribution in [0.1, 0.15) is 57.6 Å². The van der Waals surface area contributed by atoms with Gasteiger partial charge in [-0.3, -0.25) is 0 Å². The molecule has 1 atom stereocenters.